The zero-order valence-corrected chi connectivity index (χ0v) is 11.6. The van der Waals surface area contributed by atoms with Crippen molar-refractivity contribution in [3.63, 3.8) is 0 Å². The lowest BCUT2D eigenvalue weighted by molar-refractivity contribution is 0.625. The smallest absolute Gasteiger partial charge is 0.0729 e. The van der Waals surface area contributed by atoms with E-state index in [-0.39, 0.29) is 6.04 Å². The van der Waals surface area contributed by atoms with Gasteiger partial charge in [-0.1, -0.05) is 31.2 Å². The summed E-state index contributed by atoms with van der Waals surface area (Å²) < 4.78 is 0. The van der Waals surface area contributed by atoms with E-state index < -0.39 is 0 Å². The summed E-state index contributed by atoms with van der Waals surface area (Å²) >= 11 is 0. The molecule has 1 heterocycles. The Balaban J connectivity index is 2.46. The topological polar surface area (TPSA) is 63.8 Å². The van der Waals surface area contributed by atoms with Crippen LogP contribution in [0.3, 0.4) is 0 Å². The molecule has 1 aromatic heterocycles. The molecule has 0 aliphatic heterocycles. The summed E-state index contributed by atoms with van der Waals surface area (Å²) in [6.45, 7) is 6.04. The molecule has 0 fully saturated rings. The molecule has 100 valence electrons. The van der Waals surface area contributed by atoms with E-state index in [2.05, 4.69) is 46.8 Å². The third kappa shape index (κ3) is 2.97. The van der Waals surface area contributed by atoms with E-state index in [9.17, 15) is 0 Å². The molecule has 0 saturated carbocycles. The Morgan fingerprint density at radius 2 is 2.00 bits per heavy atom. The monoisotopic (exact) mass is 256 g/mol. The molecule has 1 atom stereocenters. The van der Waals surface area contributed by atoms with Crippen molar-refractivity contribution in [2.45, 2.75) is 33.2 Å². The van der Waals surface area contributed by atoms with Crippen molar-refractivity contribution >= 4 is 0 Å². The predicted octanol–water partition coefficient (Wildman–Crippen LogP) is 2.21. The molecule has 0 radical (unpaired) electrons. The van der Waals surface area contributed by atoms with Crippen LogP contribution in [0.5, 0.6) is 0 Å². The van der Waals surface area contributed by atoms with Gasteiger partial charge < -0.3 is 0 Å². The molecule has 4 nitrogen and oxygen atoms in total. The standard InChI is InChI=1S/C15H20N4/c1-4-12-6-5-7-13(9-12)15(17-16)14-8-10(2)18-19-11(14)3/h5-9,15,17H,4,16H2,1-3H3. The summed E-state index contributed by atoms with van der Waals surface area (Å²) in [4.78, 5) is 0. The number of nitrogens with two attached hydrogens (primary N) is 1. The molecule has 0 saturated heterocycles. The first-order valence-corrected chi connectivity index (χ1v) is 6.51. The fourth-order valence-corrected chi connectivity index (χ4v) is 2.22. The number of hydrogen-bond acceptors (Lipinski definition) is 4. The Bertz CT molecular complexity index is 566. The van der Waals surface area contributed by atoms with Crippen molar-refractivity contribution in [3.05, 3.63) is 58.4 Å². The zero-order chi connectivity index (χ0) is 13.8. The van der Waals surface area contributed by atoms with Crippen LogP contribution in [0.4, 0.5) is 0 Å². The number of hydrazine groups is 1. The number of rotatable bonds is 4. The molecule has 1 unspecified atom stereocenters. The van der Waals surface area contributed by atoms with Crippen LogP contribution in [-0.4, -0.2) is 10.2 Å². The van der Waals surface area contributed by atoms with Crippen molar-refractivity contribution in [3.8, 4) is 0 Å². The van der Waals surface area contributed by atoms with Crippen molar-refractivity contribution in [1.82, 2.24) is 15.6 Å². The number of nitrogens with zero attached hydrogens (tertiary/aromatic N) is 2. The minimum absolute atomic E-state index is 0.0549. The van der Waals surface area contributed by atoms with E-state index in [0.29, 0.717) is 0 Å². The van der Waals surface area contributed by atoms with Gasteiger partial charge in [0.05, 0.1) is 17.4 Å². The molecule has 4 heteroatoms. The van der Waals surface area contributed by atoms with Gasteiger partial charge in [0.1, 0.15) is 0 Å². The highest BCUT2D eigenvalue weighted by atomic mass is 15.2. The van der Waals surface area contributed by atoms with E-state index in [0.717, 1.165) is 28.9 Å². The van der Waals surface area contributed by atoms with E-state index in [1.54, 1.807) is 0 Å². The van der Waals surface area contributed by atoms with Gasteiger partial charge in [-0.05, 0) is 43.0 Å². The first-order chi connectivity index (χ1) is 9.15. The van der Waals surface area contributed by atoms with Crippen LogP contribution in [-0.2, 0) is 6.42 Å². The molecule has 0 amide bonds. The van der Waals surface area contributed by atoms with Crippen LogP contribution in [0.25, 0.3) is 0 Å². The van der Waals surface area contributed by atoms with Gasteiger partial charge in [-0.3, -0.25) is 5.84 Å². The number of nitrogens with one attached hydrogen (secondary N) is 1. The average Bonchev–Trinajstić information content (AvgIpc) is 2.44. The van der Waals surface area contributed by atoms with Gasteiger partial charge >= 0.3 is 0 Å². The second-order valence-electron chi connectivity index (χ2n) is 4.72. The Kier molecular flexibility index (Phi) is 4.24. The minimum atomic E-state index is -0.0549. The van der Waals surface area contributed by atoms with Gasteiger partial charge in [0.25, 0.3) is 0 Å². The molecule has 1 aromatic carbocycles. The molecule has 0 bridgehead atoms. The maximum absolute atomic E-state index is 5.75. The van der Waals surface area contributed by atoms with Gasteiger partial charge in [-0.25, -0.2) is 5.43 Å². The quantitative estimate of drug-likeness (QED) is 0.650. The molecule has 0 aliphatic rings. The lowest BCUT2D eigenvalue weighted by Gasteiger charge is -2.19. The molecule has 2 rings (SSSR count). The fraction of sp³-hybridized carbons (Fsp3) is 0.333. The van der Waals surface area contributed by atoms with Crippen molar-refractivity contribution in [2.75, 3.05) is 0 Å². The van der Waals surface area contributed by atoms with Crippen LogP contribution in [0, 0.1) is 13.8 Å². The normalized spacial score (nSPS) is 12.4. The van der Waals surface area contributed by atoms with Gasteiger partial charge in [-0.2, -0.15) is 10.2 Å². The lowest BCUT2D eigenvalue weighted by Crippen LogP contribution is -2.29. The highest BCUT2D eigenvalue weighted by molar-refractivity contribution is 5.36. The molecule has 3 N–H and O–H groups in total. The van der Waals surface area contributed by atoms with Crippen LogP contribution in [0.1, 0.15) is 41.0 Å². The fourth-order valence-electron chi connectivity index (χ4n) is 2.22. The summed E-state index contributed by atoms with van der Waals surface area (Å²) in [6, 6.07) is 10.4. The molecule has 0 spiro atoms. The highest BCUT2D eigenvalue weighted by Crippen LogP contribution is 2.24. The van der Waals surface area contributed by atoms with Crippen LogP contribution >= 0.6 is 0 Å². The maximum Gasteiger partial charge on any atom is 0.0729 e. The summed E-state index contributed by atoms with van der Waals surface area (Å²) in [5.74, 6) is 5.75. The van der Waals surface area contributed by atoms with Crippen molar-refractivity contribution in [1.29, 1.82) is 0 Å². The van der Waals surface area contributed by atoms with E-state index in [4.69, 9.17) is 5.84 Å². The maximum atomic E-state index is 5.75. The minimum Gasteiger partial charge on any atom is -0.271 e. The molecular formula is C15H20N4. The largest absolute Gasteiger partial charge is 0.271 e. The highest BCUT2D eigenvalue weighted by Gasteiger charge is 2.16. The number of aromatic nitrogens is 2. The third-order valence-corrected chi connectivity index (χ3v) is 3.31. The van der Waals surface area contributed by atoms with Gasteiger partial charge in [0.2, 0.25) is 0 Å². The van der Waals surface area contributed by atoms with E-state index >= 15 is 0 Å². The summed E-state index contributed by atoms with van der Waals surface area (Å²) in [5.41, 5.74) is 8.20. The SMILES string of the molecule is CCc1cccc(C(NN)c2cc(C)nnc2C)c1. The zero-order valence-electron chi connectivity index (χ0n) is 11.6. The Hall–Kier alpha value is -1.78. The molecule has 0 aliphatic carbocycles. The lowest BCUT2D eigenvalue weighted by atomic mass is 9.96. The second kappa shape index (κ2) is 5.91. The average molecular weight is 256 g/mol. The Morgan fingerprint density at radius 3 is 2.68 bits per heavy atom. The van der Waals surface area contributed by atoms with Gasteiger partial charge in [0.15, 0.2) is 0 Å². The van der Waals surface area contributed by atoms with Gasteiger partial charge in [0, 0.05) is 0 Å². The number of hydrogen-bond donors (Lipinski definition) is 2. The Labute approximate surface area is 114 Å². The molecule has 2 aromatic rings. The second-order valence-corrected chi connectivity index (χ2v) is 4.72. The predicted molar refractivity (Wildman–Crippen MR) is 76.5 cm³/mol. The molecule has 19 heavy (non-hydrogen) atoms. The van der Waals surface area contributed by atoms with Crippen LogP contribution < -0.4 is 11.3 Å². The van der Waals surface area contributed by atoms with Crippen LogP contribution in [0.2, 0.25) is 0 Å². The number of aryl methyl sites for hydroxylation is 3. The Morgan fingerprint density at radius 1 is 1.21 bits per heavy atom. The van der Waals surface area contributed by atoms with Crippen molar-refractivity contribution in [2.24, 2.45) is 5.84 Å². The van der Waals surface area contributed by atoms with Crippen molar-refractivity contribution < 1.29 is 0 Å². The third-order valence-electron chi connectivity index (χ3n) is 3.31. The first-order valence-electron chi connectivity index (χ1n) is 6.51. The summed E-state index contributed by atoms with van der Waals surface area (Å²) in [6.07, 6.45) is 1.01. The van der Waals surface area contributed by atoms with Gasteiger partial charge in [-0.15, -0.1) is 0 Å². The van der Waals surface area contributed by atoms with E-state index in [1.807, 2.05) is 19.9 Å². The summed E-state index contributed by atoms with van der Waals surface area (Å²) in [7, 11) is 0. The van der Waals surface area contributed by atoms with E-state index in [1.165, 1.54) is 5.56 Å². The number of benzene rings is 1. The first kappa shape index (κ1) is 13.6. The summed E-state index contributed by atoms with van der Waals surface area (Å²) in [5, 5.41) is 8.23. The van der Waals surface area contributed by atoms with Crippen LogP contribution in [0.15, 0.2) is 30.3 Å². The molecular weight excluding hydrogens is 236 g/mol.